The summed E-state index contributed by atoms with van der Waals surface area (Å²) >= 11 is 0. The molecule has 4 unspecified atom stereocenters. The summed E-state index contributed by atoms with van der Waals surface area (Å²) < 4.78 is 7.56. The lowest BCUT2D eigenvalue weighted by Gasteiger charge is -2.50. The molecule has 3 aliphatic rings. The van der Waals surface area contributed by atoms with E-state index in [9.17, 15) is 0 Å². The van der Waals surface area contributed by atoms with Crippen molar-refractivity contribution < 1.29 is 4.42 Å². The van der Waals surface area contributed by atoms with Crippen molar-refractivity contribution >= 4 is 5.69 Å². The fraction of sp³-hybridized carbons (Fsp3) is 0.480. The number of aryl methyl sites for hydroxylation is 1. The Bertz CT molecular complexity index is 992. The van der Waals surface area contributed by atoms with Crippen molar-refractivity contribution in [3.63, 3.8) is 0 Å². The van der Waals surface area contributed by atoms with Gasteiger partial charge in [0.1, 0.15) is 5.76 Å². The van der Waals surface area contributed by atoms with E-state index in [0.717, 1.165) is 37.0 Å². The van der Waals surface area contributed by atoms with Crippen molar-refractivity contribution in [1.82, 2.24) is 20.0 Å². The second-order valence-corrected chi connectivity index (χ2v) is 9.27. The van der Waals surface area contributed by atoms with Gasteiger partial charge in [0.15, 0.2) is 0 Å². The number of piperidine rings is 3. The van der Waals surface area contributed by atoms with Crippen molar-refractivity contribution in [2.45, 2.75) is 31.3 Å². The average molecular weight is 420 g/mol. The predicted molar refractivity (Wildman–Crippen MR) is 124 cm³/mol. The third-order valence-corrected chi connectivity index (χ3v) is 7.11. The molecule has 6 rings (SSSR count). The maximum Gasteiger partial charge on any atom is 0.117 e. The molecule has 3 fully saturated rings. The zero-order chi connectivity index (χ0) is 21.4. The van der Waals surface area contributed by atoms with Crippen molar-refractivity contribution in [1.29, 1.82) is 0 Å². The quantitative estimate of drug-likeness (QED) is 0.633. The van der Waals surface area contributed by atoms with Crippen LogP contribution in [-0.2, 0) is 13.6 Å². The van der Waals surface area contributed by atoms with E-state index in [1.165, 1.54) is 36.3 Å². The molecule has 1 aromatic carbocycles. The fourth-order valence-corrected chi connectivity index (χ4v) is 5.36. The van der Waals surface area contributed by atoms with Crippen LogP contribution in [0.15, 0.2) is 53.1 Å². The Labute approximate surface area is 184 Å². The molecule has 3 aliphatic heterocycles. The smallest absolute Gasteiger partial charge is 0.117 e. The van der Waals surface area contributed by atoms with Crippen LogP contribution in [0.5, 0.6) is 0 Å². The normalized spacial score (nSPS) is 25.1. The molecule has 0 radical (unpaired) electrons. The van der Waals surface area contributed by atoms with Crippen molar-refractivity contribution in [2.24, 2.45) is 13.0 Å². The van der Waals surface area contributed by atoms with Crippen LogP contribution >= 0.6 is 0 Å². The Balaban J connectivity index is 1.25. The highest BCUT2D eigenvalue weighted by molar-refractivity contribution is 5.63. The van der Waals surface area contributed by atoms with E-state index in [1.807, 2.05) is 12.1 Å². The van der Waals surface area contributed by atoms with Crippen LogP contribution in [0.3, 0.4) is 0 Å². The number of nitrogens with one attached hydrogen (secondary N) is 1. The van der Waals surface area contributed by atoms with Gasteiger partial charge in [-0.15, -0.1) is 0 Å². The van der Waals surface area contributed by atoms with Crippen LogP contribution in [0.1, 0.15) is 30.2 Å². The second-order valence-electron chi connectivity index (χ2n) is 9.27. The second kappa shape index (κ2) is 8.52. The van der Waals surface area contributed by atoms with Crippen LogP contribution in [0, 0.1) is 5.92 Å². The molecule has 3 saturated heterocycles. The summed E-state index contributed by atoms with van der Waals surface area (Å²) in [6, 6.07) is 15.6. The Morgan fingerprint density at radius 2 is 2.03 bits per heavy atom. The molecule has 6 heteroatoms. The van der Waals surface area contributed by atoms with Gasteiger partial charge >= 0.3 is 0 Å². The van der Waals surface area contributed by atoms with Gasteiger partial charge in [0, 0.05) is 63.1 Å². The topological polar surface area (TPSA) is 49.5 Å². The number of fused-ring (bicyclic) bond motifs is 3. The summed E-state index contributed by atoms with van der Waals surface area (Å²) in [6.07, 6.45) is 4.29. The molecule has 2 aromatic heterocycles. The maximum absolute atomic E-state index is 5.44. The molecule has 1 N–H and O–H groups in total. The number of rotatable bonds is 7. The van der Waals surface area contributed by atoms with E-state index in [1.54, 1.807) is 6.26 Å². The van der Waals surface area contributed by atoms with Crippen molar-refractivity contribution in [2.75, 3.05) is 38.6 Å². The van der Waals surface area contributed by atoms with Crippen LogP contribution in [-0.4, -0.2) is 54.5 Å². The molecule has 2 bridgehead atoms. The number of hydrogen-bond acceptors (Lipinski definition) is 5. The number of hydrogen-bond donors (Lipinski definition) is 1. The van der Waals surface area contributed by atoms with E-state index in [-0.39, 0.29) is 0 Å². The maximum atomic E-state index is 5.44. The first-order chi connectivity index (χ1) is 15.1. The number of furan rings is 1. The number of aromatic nitrogens is 2. The van der Waals surface area contributed by atoms with Gasteiger partial charge in [-0.3, -0.25) is 9.58 Å². The number of benzene rings is 1. The molecular formula is C25H33N5O. The van der Waals surface area contributed by atoms with Crippen molar-refractivity contribution in [3.05, 3.63) is 60.2 Å². The standard InChI is InChI=1S/C25H33N5O/c1-28(2)20-8-6-18(7-9-20)24-14-25(29(3)27-24)23-17-30-11-10-19(23)13-21(30)15-26-16-22-5-4-12-31-22/h4-9,12,14,19,21,23,26H,10-11,13,15-17H2,1-3H3. The molecule has 3 aromatic rings. The lowest BCUT2D eigenvalue weighted by molar-refractivity contribution is 0.0280. The van der Waals surface area contributed by atoms with Gasteiger partial charge in [0.25, 0.3) is 0 Å². The molecule has 0 amide bonds. The summed E-state index contributed by atoms with van der Waals surface area (Å²) in [5, 5.41) is 8.46. The van der Waals surface area contributed by atoms with Crippen molar-refractivity contribution in [3.8, 4) is 11.3 Å². The van der Waals surface area contributed by atoms with E-state index in [0.29, 0.717) is 12.0 Å². The summed E-state index contributed by atoms with van der Waals surface area (Å²) in [5.74, 6) is 2.32. The Morgan fingerprint density at radius 1 is 1.19 bits per heavy atom. The Kier molecular flexibility index (Phi) is 5.59. The minimum atomic E-state index is 0.572. The molecule has 31 heavy (non-hydrogen) atoms. The molecular weight excluding hydrogens is 386 g/mol. The summed E-state index contributed by atoms with van der Waals surface area (Å²) in [6.45, 7) is 4.18. The van der Waals surface area contributed by atoms with E-state index in [4.69, 9.17) is 9.52 Å². The molecule has 4 atom stereocenters. The molecule has 164 valence electrons. The van der Waals surface area contributed by atoms with Crippen LogP contribution in [0.25, 0.3) is 11.3 Å². The van der Waals surface area contributed by atoms with Crippen LogP contribution < -0.4 is 10.2 Å². The zero-order valence-electron chi connectivity index (χ0n) is 18.8. The molecule has 0 aliphatic carbocycles. The lowest BCUT2D eigenvalue weighted by Crippen LogP contribution is -2.55. The number of anilines is 1. The monoisotopic (exact) mass is 419 g/mol. The zero-order valence-corrected chi connectivity index (χ0v) is 18.8. The van der Waals surface area contributed by atoms with Crippen LogP contribution in [0.2, 0.25) is 0 Å². The van der Waals surface area contributed by atoms with Gasteiger partial charge in [-0.25, -0.2) is 0 Å². The highest BCUT2D eigenvalue weighted by Crippen LogP contribution is 2.42. The molecule has 6 nitrogen and oxygen atoms in total. The van der Waals surface area contributed by atoms with Gasteiger partial charge in [0.2, 0.25) is 0 Å². The first kappa shape index (κ1) is 20.3. The molecule has 0 saturated carbocycles. The van der Waals surface area contributed by atoms with Gasteiger partial charge in [-0.05, 0) is 55.6 Å². The SMILES string of the molecule is CN(C)c1ccc(-c2cc(C3CN4CCC3CC4CNCc3ccco3)n(C)n2)cc1. The Hall–Kier alpha value is -2.57. The van der Waals surface area contributed by atoms with Gasteiger partial charge in [-0.2, -0.15) is 5.10 Å². The minimum absolute atomic E-state index is 0.572. The Morgan fingerprint density at radius 3 is 2.71 bits per heavy atom. The lowest BCUT2D eigenvalue weighted by atomic mass is 9.74. The third kappa shape index (κ3) is 4.14. The van der Waals surface area contributed by atoms with E-state index >= 15 is 0 Å². The summed E-state index contributed by atoms with van der Waals surface area (Å²) in [4.78, 5) is 4.80. The molecule has 5 heterocycles. The minimum Gasteiger partial charge on any atom is -0.468 e. The summed E-state index contributed by atoms with van der Waals surface area (Å²) in [5.41, 5.74) is 4.86. The first-order valence-electron chi connectivity index (χ1n) is 11.4. The van der Waals surface area contributed by atoms with Gasteiger partial charge in [0.05, 0.1) is 18.5 Å². The van der Waals surface area contributed by atoms with Crippen LogP contribution in [0.4, 0.5) is 5.69 Å². The van der Waals surface area contributed by atoms with E-state index < -0.39 is 0 Å². The fourth-order valence-electron chi connectivity index (χ4n) is 5.36. The summed E-state index contributed by atoms with van der Waals surface area (Å²) in [7, 11) is 6.25. The highest BCUT2D eigenvalue weighted by atomic mass is 16.3. The molecule has 0 spiro atoms. The average Bonchev–Trinajstić information content (AvgIpc) is 3.44. The van der Waals surface area contributed by atoms with E-state index in [2.05, 4.69) is 71.3 Å². The third-order valence-electron chi connectivity index (χ3n) is 7.11. The predicted octanol–water partition coefficient (Wildman–Crippen LogP) is 3.71. The number of nitrogens with zero attached hydrogens (tertiary/aromatic N) is 4. The first-order valence-corrected chi connectivity index (χ1v) is 11.4. The van der Waals surface area contributed by atoms with Gasteiger partial charge in [-0.1, -0.05) is 12.1 Å². The van der Waals surface area contributed by atoms with Gasteiger partial charge < -0.3 is 14.6 Å². The highest BCUT2D eigenvalue weighted by Gasteiger charge is 2.41. The largest absolute Gasteiger partial charge is 0.468 e.